The minimum atomic E-state index is -1.04. The summed E-state index contributed by atoms with van der Waals surface area (Å²) in [4.78, 5) is 23.3. The Balaban J connectivity index is 3.31. The standard InChI is InChI=1S/C14H20N2O5/c1-4-21-12-7-5-6-11(14(12)16(19)20)15(8-10(2)3)9-13(17)18/h5-7,10H,4,8-9H2,1-3H3,(H,17,18). The van der Waals surface area contributed by atoms with Gasteiger partial charge in [-0.3, -0.25) is 14.9 Å². The second kappa shape index (κ2) is 7.47. The molecular weight excluding hydrogens is 276 g/mol. The number of aliphatic carboxylic acids is 1. The minimum absolute atomic E-state index is 0.152. The van der Waals surface area contributed by atoms with Gasteiger partial charge in [-0.25, -0.2) is 0 Å². The molecule has 116 valence electrons. The van der Waals surface area contributed by atoms with Gasteiger partial charge in [-0.1, -0.05) is 19.9 Å². The predicted molar refractivity (Wildman–Crippen MR) is 79.0 cm³/mol. The molecular formula is C14H20N2O5. The van der Waals surface area contributed by atoms with Gasteiger partial charge < -0.3 is 14.7 Å². The first-order valence-corrected chi connectivity index (χ1v) is 6.73. The van der Waals surface area contributed by atoms with E-state index in [1.165, 1.54) is 11.0 Å². The number of anilines is 1. The average Bonchev–Trinajstić information content (AvgIpc) is 2.36. The smallest absolute Gasteiger partial charge is 0.333 e. The van der Waals surface area contributed by atoms with Crippen LogP contribution >= 0.6 is 0 Å². The quantitative estimate of drug-likeness (QED) is 0.585. The predicted octanol–water partition coefficient (Wildman–Crippen LogP) is 2.54. The highest BCUT2D eigenvalue weighted by atomic mass is 16.6. The molecule has 1 N–H and O–H groups in total. The normalized spacial score (nSPS) is 10.5. The van der Waals surface area contributed by atoms with E-state index in [4.69, 9.17) is 9.84 Å². The number of hydrogen-bond donors (Lipinski definition) is 1. The van der Waals surface area contributed by atoms with Gasteiger partial charge in [-0.2, -0.15) is 0 Å². The molecule has 0 aliphatic rings. The number of rotatable bonds is 8. The third kappa shape index (κ3) is 4.62. The van der Waals surface area contributed by atoms with Crippen LogP contribution in [0.2, 0.25) is 0 Å². The fourth-order valence-corrected chi connectivity index (χ4v) is 2.07. The molecule has 0 saturated heterocycles. The number of carboxylic acid groups (broad SMARTS) is 1. The van der Waals surface area contributed by atoms with Gasteiger partial charge in [-0.05, 0) is 25.0 Å². The number of ether oxygens (including phenoxy) is 1. The molecule has 7 heteroatoms. The van der Waals surface area contributed by atoms with E-state index in [2.05, 4.69) is 0 Å². The summed E-state index contributed by atoms with van der Waals surface area (Å²) >= 11 is 0. The summed E-state index contributed by atoms with van der Waals surface area (Å²) in [5.74, 6) is -0.717. The van der Waals surface area contributed by atoms with Gasteiger partial charge in [0, 0.05) is 6.54 Å². The minimum Gasteiger partial charge on any atom is -0.487 e. The number of hydrogen-bond acceptors (Lipinski definition) is 5. The third-order valence-corrected chi connectivity index (χ3v) is 2.71. The van der Waals surface area contributed by atoms with Gasteiger partial charge >= 0.3 is 11.7 Å². The van der Waals surface area contributed by atoms with Gasteiger partial charge in [0.15, 0.2) is 5.75 Å². The molecule has 0 aromatic heterocycles. The molecule has 0 atom stereocenters. The lowest BCUT2D eigenvalue weighted by Gasteiger charge is -2.25. The number of nitrogens with zero attached hydrogens (tertiary/aromatic N) is 2. The van der Waals surface area contributed by atoms with E-state index in [1.807, 2.05) is 13.8 Å². The molecule has 7 nitrogen and oxygen atoms in total. The van der Waals surface area contributed by atoms with E-state index >= 15 is 0 Å². The lowest BCUT2D eigenvalue weighted by atomic mass is 10.1. The van der Waals surface area contributed by atoms with Crippen molar-refractivity contribution >= 4 is 17.3 Å². The van der Waals surface area contributed by atoms with Crippen LogP contribution in [0.1, 0.15) is 20.8 Å². The fraction of sp³-hybridized carbons (Fsp3) is 0.500. The van der Waals surface area contributed by atoms with Crippen molar-refractivity contribution in [1.82, 2.24) is 0 Å². The van der Waals surface area contributed by atoms with E-state index < -0.39 is 10.9 Å². The summed E-state index contributed by atoms with van der Waals surface area (Å²) < 4.78 is 5.28. The molecule has 1 rings (SSSR count). The molecule has 1 aromatic carbocycles. The zero-order chi connectivity index (χ0) is 16.0. The molecule has 0 unspecified atom stereocenters. The number of para-hydroxylation sites is 1. The summed E-state index contributed by atoms with van der Waals surface area (Å²) in [6, 6.07) is 4.69. The van der Waals surface area contributed by atoms with Crippen LogP contribution in [0.4, 0.5) is 11.4 Å². The topological polar surface area (TPSA) is 92.9 Å². The Kier molecular flexibility index (Phi) is 5.95. The lowest BCUT2D eigenvalue weighted by Crippen LogP contribution is -2.33. The van der Waals surface area contributed by atoms with Crippen molar-refractivity contribution in [3.63, 3.8) is 0 Å². The van der Waals surface area contributed by atoms with Crippen molar-refractivity contribution < 1.29 is 19.6 Å². The Hall–Kier alpha value is -2.31. The lowest BCUT2D eigenvalue weighted by molar-refractivity contribution is -0.385. The second-order valence-electron chi connectivity index (χ2n) is 4.98. The van der Waals surface area contributed by atoms with Crippen LogP contribution in [0, 0.1) is 16.0 Å². The van der Waals surface area contributed by atoms with Gasteiger partial charge in [0.2, 0.25) is 0 Å². The maximum Gasteiger partial charge on any atom is 0.333 e. The Labute approximate surface area is 123 Å². The molecule has 0 heterocycles. The van der Waals surface area contributed by atoms with Crippen molar-refractivity contribution in [3.05, 3.63) is 28.3 Å². The molecule has 0 saturated carbocycles. The van der Waals surface area contributed by atoms with Crippen molar-refractivity contribution in [2.45, 2.75) is 20.8 Å². The number of nitro groups is 1. The molecule has 1 aromatic rings. The summed E-state index contributed by atoms with van der Waals surface area (Å²) in [5, 5.41) is 20.4. The molecule has 0 amide bonds. The van der Waals surface area contributed by atoms with Crippen molar-refractivity contribution in [2.75, 3.05) is 24.6 Å². The molecule has 0 aliphatic heterocycles. The van der Waals surface area contributed by atoms with E-state index in [0.29, 0.717) is 13.2 Å². The molecule has 0 spiro atoms. The van der Waals surface area contributed by atoms with Crippen LogP contribution in [0.3, 0.4) is 0 Å². The van der Waals surface area contributed by atoms with E-state index in [9.17, 15) is 14.9 Å². The Morgan fingerprint density at radius 1 is 1.48 bits per heavy atom. The molecule has 0 aliphatic carbocycles. The van der Waals surface area contributed by atoms with Crippen LogP contribution in [0.25, 0.3) is 0 Å². The molecule has 0 fully saturated rings. The summed E-state index contributed by atoms with van der Waals surface area (Å²) in [7, 11) is 0. The first-order chi connectivity index (χ1) is 9.86. The molecule has 0 bridgehead atoms. The summed E-state index contributed by atoms with van der Waals surface area (Å²) in [5.41, 5.74) is 0.0725. The van der Waals surface area contributed by atoms with Crippen molar-refractivity contribution in [2.24, 2.45) is 5.92 Å². The van der Waals surface area contributed by atoms with Gasteiger partial charge in [-0.15, -0.1) is 0 Å². The first-order valence-electron chi connectivity index (χ1n) is 6.73. The highest BCUT2D eigenvalue weighted by Gasteiger charge is 2.26. The van der Waals surface area contributed by atoms with Gasteiger partial charge in [0.1, 0.15) is 12.2 Å². The van der Waals surface area contributed by atoms with Crippen LogP contribution in [0.5, 0.6) is 5.75 Å². The van der Waals surface area contributed by atoms with Crippen LogP contribution in [0.15, 0.2) is 18.2 Å². The maximum absolute atomic E-state index is 11.3. The zero-order valence-electron chi connectivity index (χ0n) is 12.4. The molecule has 0 radical (unpaired) electrons. The van der Waals surface area contributed by atoms with Crippen molar-refractivity contribution in [3.8, 4) is 5.75 Å². The molecule has 21 heavy (non-hydrogen) atoms. The van der Waals surface area contributed by atoms with Crippen LogP contribution in [-0.2, 0) is 4.79 Å². The number of carbonyl (C=O) groups is 1. The number of nitro benzene ring substituents is 1. The summed E-state index contributed by atoms with van der Waals surface area (Å²) in [6.45, 7) is 5.99. The van der Waals surface area contributed by atoms with E-state index in [1.54, 1.807) is 19.1 Å². The number of carboxylic acids is 1. The highest BCUT2D eigenvalue weighted by molar-refractivity contribution is 5.78. The van der Waals surface area contributed by atoms with Gasteiger partial charge in [0.05, 0.1) is 11.5 Å². The fourth-order valence-electron chi connectivity index (χ4n) is 2.07. The second-order valence-corrected chi connectivity index (χ2v) is 4.98. The summed E-state index contributed by atoms with van der Waals surface area (Å²) in [6.07, 6.45) is 0. The van der Waals surface area contributed by atoms with Crippen LogP contribution in [-0.4, -0.2) is 35.7 Å². The van der Waals surface area contributed by atoms with E-state index in [-0.39, 0.29) is 29.6 Å². The highest BCUT2D eigenvalue weighted by Crippen LogP contribution is 2.37. The average molecular weight is 296 g/mol. The Morgan fingerprint density at radius 3 is 2.62 bits per heavy atom. The van der Waals surface area contributed by atoms with Crippen LogP contribution < -0.4 is 9.64 Å². The monoisotopic (exact) mass is 296 g/mol. The largest absolute Gasteiger partial charge is 0.487 e. The van der Waals surface area contributed by atoms with Crippen molar-refractivity contribution in [1.29, 1.82) is 0 Å². The van der Waals surface area contributed by atoms with E-state index in [0.717, 1.165) is 0 Å². The third-order valence-electron chi connectivity index (χ3n) is 2.71. The SMILES string of the molecule is CCOc1cccc(N(CC(=O)O)CC(C)C)c1[N+](=O)[O-]. The Morgan fingerprint density at radius 2 is 2.14 bits per heavy atom. The first kappa shape index (κ1) is 16.7. The Bertz CT molecular complexity index is 516. The van der Waals surface area contributed by atoms with Gasteiger partial charge in [0.25, 0.3) is 0 Å². The maximum atomic E-state index is 11.3. The zero-order valence-corrected chi connectivity index (χ0v) is 12.4. The number of benzene rings is 1.